The number of aromatic nitrogens is 2. The molecule has 0 amide bonds. The van der Waals surface area contributed by atoms with Crippen LogP contribution in [0.1, 0.15) is 23.7 Å². The first-order chi connectivity index (χ1) is 16.3. The third-order valence-corrected chi connectivity index (χ3v) is 6.21. The third-order valence-electron chi connectivity index (χ3n) is 5.26. The number of nitrogens with zero attached hydrogens (tertiary/aromatic N) is 2. The average molecular weight is 475 g/mol. The van der Waals surface area contributed by atoms with E-state index in [1.807, 2.05) is 30.3 Å². The molecule has 8 heteroatoms. The van der Waals surface area contributed by atoms with Crippen molar-refractivity contribution >= 4 is 23.1 Å². The Bertz CT molecular complexity index is 1430. The highest BCUT2D eigenvalue weighted by Crippen LogP contribution is 2.29. The lowest BCUT2D eigenvalue weighted by molar-refractivity contribution is 0.532. The molecular formula is C26H23FN4O2S. The molecule has 172 valence electrons. The number of halogens is 1. The summed E-state index contributed by atoms with van der Waals surface area (Å²) in [5.41, 5.74) is 2.81. The Kier molecular flexibility index (Phi) is 6.79. The van der Waals surface area contributed by atoms with Crippen LogP contribution in [0, 0.1) is 23.6 Å². The van der Waals surface area contributed by atoms with Crippen LogP contribution in [0.4, 0.5) is 4.39 Å². The second kappa shape index (κ2) is 9.93. The molecule has 2 aromatic heterocycles. The molecule has 2 N–H and O–H groups in total. The minimum atomic E-state index is -0.397. The Labute approximate surface area is 200 Å². The quantitative estimate of drug-likeness (QED) is 0.279. The van der Waals surface area contributed by atoms with Gasteiger partial charge in [-0.2, -0.15) is 0 Å². The molecule has 0 aliphatic carbocycles. The molecule has 2 aromatic carbocycles. The van der Waals surface area contributed by atoms with Gasteiger partial charge < -0.3 is 4.74 Å². The normalized spacial score (nSPS) is 10.8. The largest absolute Gasteiger partial charge is 0.426 e. The van der Waals surface area contributed by atoms with E-state index in [-0.39, 0.29) is 17.4 Å². The van der Waals surface area contributed by atoms with E-state index in [0.717, 1.165) is 5.56 Å². The molecule has 6 nitrogen and oxygen atoms in total. The van der Waals surface area contributed by atoms with Crippen LogP contribution in [0.15, 0.2) is 70.8 Å². The van der Waals surface area contributed by atoms with Crippen LogP contribution in [-0.2, 0) is 17.7 Å². The van der Waals surface area contributed by atoms with Crippen LogP contribution in [0.3, 0.4) is 0 Å². The molecule has 0 fully saturated rings. The number of nitrogens with one attached hydrogen (secondary N) is 2. The second-order valence-corrected chi connectivity index (χ2v) is 8.70. The number of hydrogen-bond acceptors (Lipinski definition) is 6. The Morgan fingerprint density at radius 3 is 2.59 bits per heavy atom. The van der Waals surface area contributed by atoms with Gasteiger partial charge in [0, 0.05) is 34.9 Å². The Morgan fingerprint density at radius 2 is 1.88 bits per heavy atom. The molecule has 2 heterocycles. The first-order valence-corrected chi connectivity index (χ1v) is 11.5. The highest BCUT2D eigenvalue weighted by atomic mass is 32.1. The van der Waals surface area contributed by atoms with Crippen LogP contribution in [0.25, 0.3) is 21.8 Å². The van der Waals surface area contributed by atoms with E-state index < -0.39 is 5.82 Å². The number of aryl methyl sites for hydroxylation is 2. The van der Waals surface area contributed by atoms with Crippen molar-refractivity contribution in [3.05, 3.63) is 99.0 Å². The number of thiophene rings is 1. The maximum atomic E-state index is 14.0. The minimum Gasteiger partial charge on any atom is -0.426 e. The van der Waals surface area contributed by atoms with Crippen molar-refractivity contribution in [1.29, 1.82) is 10.8 Å². The number of rotatable bonds is 6. The van der Waals surface area contributed by atoms with Crippen LogP contribution >= 0.6 is 11.3 Å². The van der Waals surface area contributed by atoms with Gasteiger partial charge in [0.05, 0.1) is 11.3 Å². The zero-order valence-electron chi connectivity index (χ0n) is 18.8. The van der Waals surface area contributed by atoms with Gasteiger partial charge >= 0.3 is 0 Å². The van der Waals surface area contributed by atoms with Gasteiger partial charge in [-0.05, 0) is 37.1 Å². The standard InChI is InChI=1S/C26H23FN4O2S/c1-16-23(22-14-20(15-34-22)24(29)33-17(2)28)26(32)31(12-11-18-7-4-3-5-8-18)25(30-16)19-9-6-10-21(27)13-19/h3-10,13-15,28-29H,11-12H2,1-2H3. The molecule has 0 radical (unpaired) electrons. The van der Waals surface area contributed by atoms with Gasteiger partial charge in [0.1, 0.15) is 11.6 Å². The fraction of sp³-hybridized carbons (Fsp3) is 0.154. The highest BCUT2D eigenvalue weighted by Gasteiger charge is 2.20. The summed E-state index contributed by atoms with van der Waals surface area (Å²) in [4.78, 5) is 19.1. The van der Waals surface area contributed by atoms with E-state index in [2.05, 4.69) is 0 Å². The summed E-state index contributed by atoms with van der Waals surface area (Å²) in [5.74, 6) is -0.223. The summed E-state index contributed by atoms with van der Waals surface area (Å²) in [6.07, 6.45) is 0.611. The minimum absolute atomic E-state index is 0.0849. The van der Waals surface area contributed by atoms with Crippen molar-refractivity contribution in [2.24, 2.45) is 0 Å². The van der Waals surface area contributed by atoms with Crippen molar-refractivity contribution in [2.45, 2.75) is 26.8 Å². The summed E-state index contributed by atoms with van der Waals surface area (Å²) >= 11 is 1.31. The lowest BCUT2D eigenvalue weighted by Gasteiger charge is -2.16. The monoisotopic (exact) mass is 474 g/mol. The topological polar surface area (TPSA) is 91.8 Å². The molecule has 34 heavy (non-hydrogen) atoms. The molecule has 0 bridgehead atoms. The zero-order valence-corrected chi connectivity index (χ0v) is 19.6. The van der Waals surface area contributed by atoms with Crippen LogP contribution in [0.5, 0.6) is 0 Å². The SMILES string of the molecule is CC(=N)OC(=N)c1csc(-c2c(C)nc(-c3cccc(F)c3)n(CCc3ccccc3)c2=O)c1. The fourth-order valence-electron chi connectivity index (χ4n) is 3.68. The first kappa shape index (κ1) is 23.3. The molecule has 0 aliphatic rings. The number of benzene rings is 2. The van der Waals surface area contributed by atoms with Gasteiger partial charge in [-0.25, -0.2) is 9.37 Å². The van der Waals surface area contributed by atoms with E-state index in [1.54, 1.807) is 35.1 Å². The van der Waals surface area contributed by atoms with Crippen LogP contribution < -0.4 is 5.56 Å². The molecule has 0 spiro atoms. The van der Waals surface area contributed by atoms with E-state index in [9.17, 15) is 9.18 Å². The molecule has 0 aliphatic heterocycles. The maximum absolute atomic E-state index is 14.0. The maximum Gasteiger partial charge on any atom is 0.262 e. The van der Waals surface area contributed by atoms with Crippen molar-refractivity contribution in [3.8, 4) is 21.8 Å². The van der Waals surface area contributed by atoms with Gasteiger partial charge in [0.2, 0.25) is 5.90 Å². The zero-order chi connectivity index (χ0) is 24.2. The number of ether oxygens (including phenoxy) is 1. The summed E-state index contributed by atoms with van der Waals surface area (Å²) in [6.45, 7) is 3.58. The van der Waals surface area contributed by atoms with Gasteiger partial charge in [0.25, 0.3) is 5.56 Å². The predicted octanol–water partition coefficient (Wildman–Crippen LogP) is 5.67. The summed E-state index contributed by atoms with van der Waals surface area (Å²) in [6, 6.07) is 17.6. The van der Waals surface area contributed by atoms with Crippen molar-refractivity contribution in [1.82, 2.24) is 9.55 Å². The molecule has 0 saturated heterocycles. The Balaban J connectivity index is 1.81. The smallest absolute Gasteiger partial charge is 0.262 e. The average Bonchev–Trinajstić information content (AvgIpc) is 3.28. The third kappa shape index (κ3) is 5.02. The van der Waals surface area contributed by atoms with Crippen molar-refractivity contribution < 1.29 is 9.13 Å². The summed E-state index contributed by atoms with van der Waals surface area (Å²) in [7, 11) is 0. The summed E-state index contributed by atoms with van der Waals surface area (Å²) in [5, 5.41) is 17.2. The predicted molar refractivity (Wildman–Crippen MR) is 133 cm³/mol. The Morgan fingerprint density at radius 1 is 1.12 bits per heavy atom. The summed E-state index contributed by atoms with van der Waals surface area (Å²) < 4.78 is 20.7. The molecule has 0 saturated carbocycles. The second-order valence-electron chi connectivity index (χ2n) is 7.79. The lowest BCUT2D eigenvalue weighted by Crippen LogP contribution is -2.27. The van der Waals surface area contributed by atoms with Crippen LogP contribution in [0.2, 0.25) is 0 Å². The van der Waals surface area contributed by atoms with Gasteiger partial charge in [-0.1, -0.05) is 42.5 Å². The van der Waals surface area contributed by atoms with E-state index in [1.165, 1.54) is 30.4 Å². The molecule has 4 aromatic rings. The molecule has 4 rings (SSSR count). The molecule has 0 atom stereocenters. The van der Waals surface area contributed by atoms with Crippen molar-refractivity contribution in [2.75, 3.05) is 0 Å². The van der Waals surface area contributed by atoms with Crippen LogP contribution in [-0.4, -0.2) is 21.3 Å². The number of hydrogen-bond donors (Lipinski definition) is 2. The van der Waals surface area contributed by atoms with Gasteiger partial charge in [-0.3, -0.25) is 20.2 Å². The van der Waals surface area contributed by atoms with Gasteiger partial charge in [0.15, 0.2) is 5.90 Å². The molecule has 0 unspecified atom stereocenters. The van der Waals surface area contributed by atoms with E-state index in [0.29, 0.717) is 46.1 Å². The fourth-order valence-corrected chi connectivity index (χ4v) is 4.66. The lowest BCUT2D eigenvalue weighted by atomic mass is 10.1. The first-order valence-electron chi connectivity index (χ1n) is 10.7. The van der Waals surface area contributed by atoms with E-state index in [4.69, 9.17) is 20.5 Å². The highest BCUT2D eigenvalue weighted by molar-refractivity contribution is 7.13. The van der Waals surface area contributed by atoms with Crippen molar-refractivity contribution in [3.63, 3.8) is 0 Å². The molecular weight excluding hydrogens is 451 g/mol. The van der Waals surface area contributed by atoms with E-state index >= 15 is 0 Å². The van der Waals surface area contributed by atoms with Gasteiger partial charge in [-0.15, -0.1) is 11.3 Å². The Hall–Kier alpha value is -3.91.